The van der Waals surface area contributed by atoms with Crippen LogP contribution in [0.4, 0.5) is 4.39 Å². The van der Waals surface area contributed by atoms with Gasteiger partial charge in [-0.25, -0.2) is 9.37 Å². The number of nitrogens with zero attached hydrogens (tertiary/aromatic N) is 2. The molecular formula is C19H18FN3OS2. The van der Waals surface area contributed by atoms with Crippen molar-refractivity contribution in [1.29, 1.82) is 0 Å². The molecule has 2 aliphatic rings. The average molecular weight is 388 g/mol. The molecule has 0 radical (unpaired) electrons. The molecule has 2 heterocycles. The minimum atomic E-state index is -0.267. The number of hydrogen-bond acceptors (Lipinski definition) is 5. The molecule has 1 saturated carbocycles. The van der Waals surface area contributed by atoms with E-state index in [0.29, 0.717) is 16.1 Å². The number of carbonyl (C=O) groups excluding carboxylic acids is 1. The van der Waals surface area contributed by atoms with Crippen molar-refractivity contribution >= 4 is 40.2 Å². The summed E-state index contributed by atoms with van der Waals surface area (Å²) >= 11 is 2.85. The van der Waals surface area contributed by atoms with E-state index in [9.17, 15) is 9.18 Å². The number of hydrogen-bond donors (Lipinski definition) is 1. The minimum absolute atomic E-state index is 0.124. The van der Waals surface area contributed by atoms with E-state index in [2.05, 4.69) is 10.3 Å². The number of rotatable bonds is 3. The van der Waals surface area contributed by atoms with Crippen molar-refractivity contribution in [2.45, 2.75) is 38.1 Å². The van der Waals surface area contributed by atoms with Crippen molar-refractivity contribution < 1.29 is 9.18 Å². The number of nitrogens with one attached hydrogen (secondary N) is 1. The molecule has 2 fully saturated rings. The Kier molecular flexibility index (Phi) is 5.17. The summed E-state index contributed by atoms with van der Waals surface area (Å²) < 4.78 is 13.0. The second kappa shape index (κ2) is 7.72. The van der Waals surface area contributed by atoms with Gasteiger partial charge in [0.15, 0.2) is 5.17 Å². The number of halogens is 1. The Morgan fingerprint density at radius 3 is 2.73 bits per heavy atom. The van der Waals surface area contributed by atoms with Gasteiger partial charge in [-0.15, -0.1) is 11.3 Å². The van der Waals surface area contributed by atoms with E-state index in [1.807, 2.05) is 5.38 Å². The summed E-state index contributed by atoms with van der Waals surface area (Å²) in [5.74, 6) is -0.391. The van der Waals surface area contributed by atoms with Crippen molar-refractivity contribution in [2.24, 2.45) is 4.99 Å². The topological polar surface area (TPSA) is 54.4 Å². The van der Waals surface area contributed by atoms with Crippen molar-refractivity contribution in [1.82, 2.24) is 10.3 Å². The average Bonchev–Trinajstić information content (AvgIpc) is 3.24. The van der Waals surface area contributed by atoms with Gasteiger partial charge in [-0.05, 0) is 54.9 Å². The van der Waals surface area contributed by atoms with Crippen molar-refractivity contribution in [3.63, 3.8) is 0 Å². The lowest BCUT2D eigenvalue weighted by atomic mass is 9.96. The highest BCUT2D eigenvalue weighted by Crippen LogP contribution is 2.30. The van der Waals surface area contributed by atoms with Crippen LogP contribution in [0.3, 0.4) is 0 Å². The summed E-state index contributed by atoms with van der Waals surface area (Å²) in [5, 5.41) is 6.25. The lowest BCUT2D eigenvalue weighted by Gasteiger charge is -2.17. The van der Waals surface area contributed by atoms with Gasteiger partial charge >= 0.3 is 0 Å². The van der Waals surface area contributed by atoms with Crippen LogP contribution in [0.25, 0.3) is 16.6 Å². The van der Waals surface area contributed by atoms with Gasteiger partial charge in [0, 0.05) is 10.9 Å². The summed E-state index contributed by atoms with van der Waals surface area (Å²) in [6.07, 6.45) is 7.71. The molecule has 0 spiro atoms. The zero-order valence-corrected chi connectivity index (χ0v) is 15.7. The molecule has 1 aromatic carbocycles. The van der Waals surface area contributed by atoms with Gasteiger partial charge in [0.2, 0.25) is 0 Å². The Morgan fingerprint density at radius 1 is 1.19 bits per heavy atom. The smallest absolute Gasteiger partial charge is 0.264 e. The van der Waals surface area contributed by atoms with Crippen LogP contribution in [0.1, 0.15) is 37.8 Å². The third-order valence-electron chi connectivity index (χ3n) is 4.42. The molecule has 1 saturated heterocycles. The number of thiazole rings is 1. The Balaban J connectivity index is 1.49. The molecular weight excluding hydrogens is 369 g/mol. The summed E-state index contributed by atoms with van der Waals surface area (Å²) in [6.45, 7) is 0. The Bertz CT molecular complexity index is 867. The molecule has 0 unspecified atom stereocenters. The second-order valence-electron chi connectivity index (χ2n) is 6.38. The number of amidine groups is 1. The van der Waals surface area contributed by atoms with Crippen molar-refractivity contribution in [2.75, 3.05) is 0 Å². The lowest BCUT2D eigenvalue weighted by Crippen LogP contribution is -2.22. The first-order valence-electron chi connectivity index (χ1n) is 8.67. The highest BCUT2D eigenvalue weighted by Gasteiger charge is 2.25. The minimum Gasteiger partial charge on any atom is -0.301 e. The Hall–Kier alpha value is -1.99. The van der Waals surface area contributed by atoms with Gasteiger partial charge in [-0.1, -0.05) is 19.3 Å². The van der Waals surface area contributed by atoms with Crippen LogP contribution in [-0.4, -0.2) is 22.1 Å². The largest absolute Gasteiger partial charge is 0.301 e. The quantitative estimate of drug-likeness (QED) is 0.767. The maximum Gasteiger partial charge on any atom is 0.264 e. The van der Waals surface area contributed by atoms with E-state index >= 15 is 0 Å². The van der Waals surface area contributed by atoms with E-state index in [1.165, 1.54) is 54.5 Å². The fourth-order valence-electron chi connectivity index (χ4n) is 3.08. The molecule has 134 valence electrons. The summed E-state index contributed by atoms with van der Waals surface area (Å²) in [7, 11) is 0. The molecule has 26 heavy (non-hydrogen) atoms. The van der Waals surface area contributed by atoms with Crippen molar-refractivity contribution in [3.05, 3.63) is 46.1 Å². The molecule has 1 aromatic heterocycles. The third-order valence-corrected chi connectivity index (χ3v) is 6.25. The normalized spacial score (nSPS) is 21.5. The van der Waals surface area contributed by atoms with Gasteiger partial charge in [-0.2, -0.15) is 0 Å². The van der Waals surface area contributed by atoms with E-state index in [0.717, 1.165) is 29.1 Å². The van der Waals surface area contributed by atoms with Crippen LogP contribution in [0, 0.1) is 5.82 Å². The second-order valence-corrected chi connectivity index (χ2v) is 8.26. The molecule has 2 aromatic rings. The highest BCUT2D eigenvalue weighted by molar-refractivity contribution is 8.18. The van der Waals surface area contributed by atoms with Gasteiger partial charge in [0.25, 0.3) is 5.91 Å². The third kappa shape index (κ3) is 4.04. The maximum absolute atomic E-state index is 13.0. The number of aromatic nitrogens is 1. The van der Waals surface area contributed by atoms with Crippen LogP contribution in [0.5, 0.6) is 0 Å². The number of thioether (sulfide) groups is 1. The first kappa shape index (κ1) is 17.4. The SMILES string of the molecule is O=C1NC(=NC2CCCCC2)S/C1=C/c1csc(-c2ccc(F)cc2)n1. The fraction of sp³-hybridized carbons (Fsp3) is 0.316. The fourth-order valence-corrected chi connectivity index (χ4v) is 4.74. The number of carbonyl (C=O) groups is 1. The summed E-state index contributed by atoms with van der Waals surface area (Å²) in [4.78, 5) is 22.0. The monoisotopic (exact) mass is 387 g/mol. The van der Waals surface area contributed by atoms with Crippen LogP contribution >= 0.6 is 23.1 Å². The lowest BCUT2D eigenvalue weighted by molar-refractivity contribution is -0.115. The van der Waals surface area contributed by atoms with Gasteiger partial charge in [-0.3, -0.25) is 9.79 Å². The standard InChI is InChI=1S/C19H18FN3OS2/c20-13-8-6-12(7-9-13)18-21-15(11-25-18)10-16-17(24)23-19(26-16)22-14-4-2-1-3-5-14/h6-11,14H,1-5H2,(H,22,23,24)/b16-10+. The summed E-state index contributed by atoms with van der Waals surface area (Å²) in [5.41, 5.74) is 1.59. The molecule has 0 bridgehead atoms. The maximum atomic E-state index is 13.0. The predicted octanol–water partition coefficient (Wildman–Crippen LogP) is 4.84. The molecule has 1 amide bonds. The zero-order chi connectivity index (χ0) is 17.9. The van der Waals surface area contributed by atoms with Crippen LogP contribution in [0.2, 0.25) is 0 Å². The van der Waals surface area contributed by atoms with E-state index < -0.39 is 0 Å². The number of benzene rings is 1. The van der Waals surface area contributed by atoms with Gasteiger partial charge in [0.05, 0.1) is 16.6 Å². The van der Waals surface area contributed by atoms with Gasteiger partial charge < -0.3 is 5.32 Å². The molecule has 1 N–H and O–H groups in total. The summed E-state index contributed by atoms with van der Waals surface area (Å²) in [6, 6.07) is 6.58. The van der Waals surface area contributed by atoms with Crippen LogP contribution in [-0.2, 0) is 4.79 Å². The molecule has 7 heteroatoms. The van der Waals surface area contributed by atoms with E-state index in [-0.39, 0.29) is 11.7 Å². The molecule has 1 aliphatic carbocycles. The molecule has 4 rings (SSSR count). The molecule has 0 atom stereocenters. The zero-order valence-electron chi connectivity index (χ0n) is 14.1. The van der Waals surface area contributed by atoms with E-state index in [4.69, 9.17) is 4.99 Å². The highest BCUT2D eigenvalue weighted by atomic mass is 32.2. The first-order valence-corrected chi connectivity index (χ1v) is 10.4. The first-order chi connectivity index (χ1) is 12.7. The van der Waals surface area contributed by atoms with Crippen molar-refractivity contribution in [3.8, 4) is 10.6 Å². The molecule has 1 aliphatic heterocycles. The van der Waals surface area contributed by atoms with Crippen LogP contribution < -0.4 is 5.32 Å². The Labute approximate surface area is 159 Å². The van der Waals surface area contributed by atoms with Gasteiger partial charge in [0.1, 0.15) is 10.8 Å². The number of amides is 1. The number of aliphatic imine (C=N–C) groups is 1. The van der Waals surface area contributed by atoms with E-state index in [1.54, 1.807) is 18.2 Å². The Morgan fingerprint density at radius 2 is 1.96 bits per heavy atom. The molecule has 4 nitrogen and oxygen atoms in total. The van der Waals surface area contributed by atoms with Crippen LogP contribution in [0.15, 0.2) is 39.5 Å². The predicted molar refractivity (Wildman–Crippen MR) is 106 cm³/mol.